The molecule has 26 heavy (non-hydrogen) atoms. The van der Waals surface area contributed by atoms with Crippen molar-refractivity contribution in [2.45, 2.75) is 13.0 Å². The first-order valence-corrected chi connectivity index (χ1v) is 7.09. The maximum Gasteiger partial charge on any atom is 0.311 e. The van der Waals surface area contributed by atoms with Gasteiger partial charge in [-0.15, -0.1) is 0 Å². The maximum absolute atomic E-state index is 13.6. The molecule has 0 heterocycles. The Morgan fingerprint density at radius 3 is 2.54 bits per heavy atom. The molecule has 1 N–H and O–H groups in total. The summed E-state index contributed by atoms with van der Waals surface area (Å²) in [5, 5.41) is 13.0. The number of aldehydes is 1. The summed E-state index contributed by atoms with van der Waals surface area (Å²) in [5.41, 5.74) is -1.13. The van der Waals surface area contributed by atoms with Gasteiger partial charge in [0.15, 0.2) is 29.3 Å². The van der Waals surface area contributed by atoms with E-state index in [0.29, 0.717) is 12.4 Å². The van der Waals surface area contributed by atoms with E-state index >= 15 is 0 Å². The Morgan fingerprint density at radius 1 is 1.23 bits per heavy atom. The number of nitrogens with one attached hydrogen (secondary N) is 1. The highest BCUT2D eigenvalue weighted by Gasteiger charge is 2.23. The van der Waals surface area contributed by atoms with Gasteiger partial charge in [-0.2, -0.15) is 0 Å². The van der Waals surface area contributed by atoms with Crippen LogP contribution in [0.15, 0.2) is 30.3 Å². The highest BCUT2D eigenvalue weighted by atomic mass is 19.2. The first-order valence-electron chi connectivity index (χ1n) is 7.09. The minimum absolute atomic E-state index is 0.0324. The van der Waals surface area contributed by atoms with Crippen LogP contribution < -0.4 is 10.1 Å². The number of ether oxygens (including phenoxy) is 1. The predicted octanol–water partition coefficient (Wildman–Crippen LogP) is 3.23. The van der Waals surface area contributed by atoms with Gasteiger partial charge in [0.05, 0.1) is 10.6 Å². The summed E-state index contributed by atoms with van der Waals surface area (Å²) in [6.45, 7) is 1.21. The molecule has 1 atom stereocenters. The SMILES string of the molecule is C[C@H](Oc1ccc(C=O)cc1[N+](=O)[O-])C(=O)Nc1ccc(F)c(F)c1F. The molecule has 1 amide bonds. The predicted molar refractivity (Wildman–Crippen MR) is 83.5 cm³/mol. The van der Waals surface area contributed by atoms with E-state index in [0.717, 1.165) is 18.2 Å². The van der Waals surface area contributed by atoms with Crippen molar-refractivity contribution in [1.82, 2.24) is 0 Å². The molecule has 0 saturated heterocycles. The van der Waals surface area contributed by atoms with Crippen molar-refractivity contribution in [3.8, 4) is 5.75 Å². The highest BCUT2D eigenvalue weighted by molar-refractivity contribution is 5.94. The molecule has 0 bridgehead atoms. The van der Waals surface area contributed by atoms with Crippen LogP contribution in [0.4, 0.5) is 24.5 Å². The molecule has 0 fully saturated rings. The Labute approximate surface area is 144 Å². The van der Waals surface area contributed by atoms with Crippen molar-refractivity contribution in [2.75, 3.05) is 5.32 Å². The van der Waals surface area contributed by atoms with Crippen molar-refractivity contribution in [1.29, 1.82) is 0 Å². The van der Waals surface area contributed by atoms with Crippen molar-refractivity contribution in [3.63, 3.8) is 0 Å². The summed E-state index contributed by atoms with van der Waals surface area (Å²) >= 11 is 0. The quantitative estimate of drug-likeness (QED) is 0.365. The number of rotatable bonds is 6. The van der Waals surface area contributed by atoms with E-state index in [1.165, 1.54) is 13.0 Å². The summed E-state index contributed by atoms with van der Waals surface area (Å²) in [7, 11) is 0. The van der Waals surface area contributed by atoms with Crippen LogP contribution in [0.25, 0.3) is 0 Å². The lowest BCUT2D eigenvalue weighted by Gasteiger charge is -2.15. The first kappa shape index (κ1) is 18.9. The highest BCUT2D eigenvalue weighted by Crippen LogP contribution is 2.29. The number of carbonyl (C=O) groups excluding carboxylic acids is 2. The minimum Gasteiger partial charge on any atom is -0.474 e. The van der Waals surface area contributed by atoms with E-state index in [4.69, 9.17) is 4.74 Å². The molecule has 7 nitrogen and oxygen atoms in total. The topological polar surface area (TPSA) is 98.5 Å². The molecule has 0 unspecified atom stereocenters. The Hall–Kier alpha value is -3.43. The number of amides is 1. The second-order valence-electron chi connectivity index (χ2n) is 5.07. The number of hydrogen-bond donors (Lipinski definition) is 1. The van der Waals surface area contributed by atoms with Gasteiger partial charge in [0.1, 0.15) is 6.29 Å². The van der Waals surface area contributed by atoms with Crippen molar-refractivity contribution < 1.29 is 32.4 Å². The van der Waals surface area contributed by atoms with Crippen LogP contribution in [-0.2, 0) is 4.79 Å². The zero-order chi connectivity index (χ0) is 19.4. The number of anilines is 1. The molecule has 0 aromatic heterocycles. The van der Waals surface area contributed by atoms with E-state index in [1.807, 2.05) is 5.32 Å². The Kier molecular flexibility index (Phi) is 5.55. The molecule has 2 aromatic rings. The third-order valence-electron chi connectivity index (χ3n) is 3.28. The van der Waals surface area contributed by atoms with E-state index in [9.17, 15) is 32.9 Å². The fraction of sp³-hybridized carbons (Fsp3) is 0.125. The van der Waals surface area contributed by atoms with Crippen LogP contribution in [0.1, 0.15) is 17.3 Å². The lowest BCUT2D eigenvalue weighted by atomic mass is 10.2. The molecule has 0 aliphatic heterocycles. The van der Waals surface area contributed by atoms with E-state index < -0.39 is 45.8 Å². The molecule has 0 aliphatic rings. The average Bonchev–Trinajstić information content (AvgIpc) is 2.62. The van der Waals surface area contributed by atoms with Gasteiger partial charge in [-0.3, -0.25) is 19.7 Å². The lowest BCUT2D eigenvalue weighted by Crippen LogP contribution is -2.30. The van der Waals surface area contributed by atoms with Crippen molar-refractivity contribution in [3.05, 3.63) is 63.5 Å². The summed E-state index contributed by atoms with van der Waals surface area (Å²) in [5.74, 6) is -6.02. The van der Waals surface area contributed by atoms with Gasteiger partial charge >= 0.3 is 5.69 Å². The van der Waals surface area contributed by atoms with Crippen LogP contribution >= 0.6 is 0 Å². The van der Waals surface area contributed by atoms with Crippen LogP contribution in [0.2, 0.25) is 0 Å². The lowest BCUT2D eigenvalue weighted by molar-refractivity contribution is -0.386. The Morgan fingerprint density at radius 2 is 1.92 bits per heavy atom. The van der Waals surface area contributed by atoms with Gasteiger partial charge in [-0.05, 0) is 31.2 Å². The van der Waals surface area contributed by atoms with Crippen LogP contribution in [0.3, 0.4) is 0 Å². The zero-order valence-corrected chi connectivity index (χ0v) is 13.2. The van der Waals surface area contributed by atoms with Crippen LogP contribution in [0.5, 0.6) is 5.75 Å². The average molecular weight is 368 g/mol. The van der Waals surface area contributed by atoms with E-state index in [2.05, 4.69) is 0 Å². The van der Waals surface area contributed by atoms with Crippen molar-refractivity contribution in [2.24, 2.45) is 0 Å². The largest absolute Gasteiger partial charge is 0.474 e. The number of nitrogens with zero attached hydrogens (tertiary/aromatic N) is 1. The molecule has 2 rings (SSSR count). The zero-order valence-electron chi connectivity index (χ0n) is 13.2. The van der Waals surface area contributed by atoms with Crippen LogP contribution in [0, 0.1) is 27.6 Å². The second-order valence-corrected chi connectivity index (χ2v) is 5.07. The Balaban J connectivity index is 2.19. The van der Waals surface area contributed by atoms with Gasteiger partial charge in [0, 0.05) is 11.6 Å². The maximum atomic E-state index is 13.6. The molecule has 0 saturated carbocycles. The number of hydrogen-bond acceptors (Lipinski definition) is 5. The molecule has 2 aromatic carbocycles. The summed E-state index contributed by atoms with van der Waals surface area (Å²) < 4.78 is 44.8. The summed E-state index contributed by atoms with van der Waals surface area (Å²) in [4.78, 5) is 32.9. The molecular weight excluding hydrogens is 357 g/mol. The normalized spacial score (nSPS) is 11.5. The molecule has 136 valence electrons. The molecule has 0 spiro atoms. The number of benzene rings is 2. The first-order chi connectivity index (χ1) is 12.2. The van der Waals surface area contributed by atoms with Crippen molar-refractivity contribution >= 4 is 23.6 Å². The molecule has 0 aliphatic carbocycles. The second kappa shape index (κ2) is 7.64. The standard InChI is InChI=1S/C16H11F3N2O5/c1-8(16(23)20-11-4-3-10(17)14(18)15(11)19)26-13-5-2-9(7-22)6-12(13)21(24)25/h2-8H,1H3,(H,20,23)/t8-/m0/s1. The number of halogens is 3. The fourth-order valence-electron chi connectivity index (χ4n) is 1.95. The summed E-state index contributed by atoms with van der Waals surface area (Å²) in [6.07, 6.45) is -0.943. The van der Waals surface area contributed by atoms with Gasteiger partial charge < -0.3 is 10.1 Å². The number of carbonyl (C=O) groups is 2. The molecule has 10 heteroatoms. The third-order valence-corrected chi connectivity index (χ3v) is 3.28. The fourth-order valence-corrected chi connectivity index (χ4v) is 1.95. The number of nitro benzene ring substituents is 1. The smallest absolute Gasteiger partial charge is 0.311 e. The Bertz CT molecular complexity index is 888. The molecular formula is C16H11F3N2O5. The van der Waals surface area contributed by atoms with E-state index in [-0.39, 0.29) is 11.3 Å². The van der Waals surface area contributed by atoms with E-state index in [1.54, 1.807) is 0 Å². The molecule has 0 radical (unpaired) electrons. The van der Waals surface area contributed by atoms with Gasteiger partial charge in [-0.1, -0.05) is 0 Å². The summed E-state index contributed by atoms with van der Waals surface area (Å²) in [6, 6.07) is 4.78. The monoisotopic (exact) mass is 368 g/mol. The number of nitro groups is 1. The van der Waals surface area contributed by atoms with Crippen LogP contribution in [-0.4, -0.2) is 23.2 Å². The third kappa shape index (κ3) is 3.97. The van der Waals surface area contributed by atoms with Gasteiger partial charge in [-0.25, -0.2) is 13.2 Å². The minimum atomic E-state index is -1.75. The van der Waals surface area contributed by atoms with Gasteiger partial charge in [0.25, 0.3) is 5.91 Å². The van der Waals surface area contributed by atoms with Gasteiger partial charge in [0.2, 0.25) is 0 Å².